The maximum atomic E-state index is 8.89. The largest absolute Gasteiger partial charge is 0.550 e. The third kappa shape index (κ3) is 22.5. The van der Waals surface area contributed by atoms with Gasteiger partial charge in [0.05, 0.1) is 33.5 Å². The summed E-state index contributed by atoms with van der Waals surface area (Å²) in [4.78, 5) is 22.0. The molecule has 0 aromatic rings. The van der Waals surface area contributed by atoms with Crippen LogP contribution in [0.15, 0.2) is 4.99 Å². The van der Waals surface area contributed by atoms with E-state index in [0.29, 0.717) is 24.3 Å². The van der Waals surface area contributed by atoms with Crippen molar-refractivity contribution in [1.29, 1.82) is 5.41 Å². The number of hydrogen-bond acceptors (Lipinski definition) is 6. The SMILES string of the molecule is CC(=O)[O-].CC(=O)[O-].CC(C)CN=C(N)NC(=N)CCCCC[N+]1(C)CC[N+](C)(C)CC1. The van der Waals surface area contributed by atoms with E-state index in [1.807, 2.05) is 0 Å². The van der Waals surface area contributed by atoms with Crippen LogP contribution in [0.3, 0.4) is 0 Å². The third-order valence-corrected chi connectivity index (χ3v) is 5.02. The summed E-state index contributed by atoms with van der Waals surface area (Å²) >= 11 is 0. The molecule has 10 heteroatoms. The molecule has 0 amide bonds. The summed E-state index contributed by atoms with van der Waals surface area (Å²) in [7, 11) is 7.06. The number of nitrogens with one attached hydrogen (secondary N) is 2. The molecule has 1 heterocycles. The van der Waals surface area contributed by atoms with Gasteiger partial charge in [-0.05, 0) is 39.0 Å². The first-order valence-corrected chi connectivity index (χ1v) is 11.2. The van der Waals surface area contributed by atoms with Crippen LogP contribution in [0.2, 0.25) is 0 Å². The van der Waals surface area contributed by atoms with Crippen molar-refractivity contribution in [2.75, 3.05) is 60.4 Å². The number of piperazine rings is 1. The Labute approximate surface area is 194 Å². The maximum absolute atomic E-state index is 8.89. The number of carboxylic acids is 2. The standard InChI is InChI=1S/C18H40N6.2C2H4O2/c1-16(2)15-21-18(20)22-17(19)9-7-6-8-10-24(5)13-11-23(3,4)12-14-24;2*1-2(3)4/h16H,6-15H2,1-5H3,(H4,19,20,21,22);2*1H3,(H,3,4)/q+2;;/p-2. The quantitative estimate of drug-likeness (QED) is 0.186. The fraction of sp³-hybridized carbons (Fsp3) is 0.818. The van der Waals surface area contributed by atoms with Crippen molar-refractivity contribution >= 4 is 23.7 Å². The van der Waals surface area contributed by atoms with E-state index in [1.54, 1.807) is 0 Å². The number of carbonyl (C=O) groups excluding carboxylic acids is 2. The molecule has 0 saturated carbocycles. The normalized spacial score (nSPS) is 16.7. The van der Waals surface area contributed by atoms with Crippen LogP contribution in [0.1, 0.15) is 53.4 Å². The van der Waals surface area contributed by atoms with Gasteiger partial charge < -0.3 is 39.8 Å². The van der Waals surface area contributed by atoms with E-state index in [-0.39, 0.29) is 0 Å². The van der Waals surface area contributed by atoms with Gasteiger partial charge in [-0.3, -0.25) is 10.4 Å². The Bertz CT molecular complexity index is 575. The topological polar surface area (TPSA) is 155 Å². The first kappa shape index (κ1) is 32.0. The van der Waals surface area contributed by atoms with Crippen molar-refractivity contribution in [3.8, 4) is 0 Å². The number of aliphatic imine (C=N–C) groups is 1. The lowest BCUT2D eigenvalue weighted by Crippen LogP contribution is -2.62. The smallest absolute Gasteiger partial charge is 0.194 e. The zero-order valence-electron chi connectivity index (χ0n) is 21.2. The number of amidine groups is 1. The van der Waals surface area contributed by atoms with E-state index < -0.39 is 11.9 Å². The van der Waals surface area contributed by atoms with E-state index in [9.17, 15) is 0 Å². The van der Waals surface area contributed by atoms with Crippen molar-refractivity contribution in [2.45, 2.75) is 53.4 Å². The zero-order valence-corrected chi connectivity index (χ0v) is 21.2. The summed E-state index contributed by atoms with van der Waals surface area (Å²) in [6, 6.07) is 0. The van der Waals surface area contributed by atoms with Crippen LogP contribution in [-0.2, 0) is 9.59 Å². The van der Waals surface area contributed by atoms with Gasteiger partial charge in [-0.15, -0.1) is 0 Å². The van der Waals surface area contributed by atoms with Gasteiger partial charge in [0.25, 0.3) is 0 Å². The minimum Gasteiger partial charge on any atom is -0.550 e. The number of quaternary nitrogens is 2. The Balaban J connectivity index is 0. The fourth-order valence-electron chi connectivity index (χ4n) is 2.98. The van der Waals surface area contributed by atoms with Gasteiger partial charge in [0, 0.05) is 24.9 Å². The highest BCUT2D eigenvalue weighted by molar-refractivity contribution is 5.97. The van der Waals surface area contributed by atoms with E-state index in [4.69, 9.17) is 30.9 Å². The molecule has 0 radical (unpaired) electrons. The summed E-state index contributed by atoms with van der Waals surface area (Å²) in [6.07, 6.45) is 4.23. The van der Waals surface area contributed by atoms with Crippen LogP contribution in [0.25, 0.3) is 0 Å². The van der Waals surface area contributed by atoms with Crippen LogP contribution in [-0.4, -0.2) is 93.1 Å². The Morgan fingerprint density at radius 3 is 1.91 bits per heavy atom. The molecule has 32 heavy (non-hydrogen) atoms. The summed E-state index contributed by atoms with van der Waals surface area (Å²) < 4.78 is 2.38. The van der Waals surface area contributed by atoms with Crippen molar-refractivity contribution in [3.63, 3.8) is 0 Å². The van der Waals surface area contributed by atoms with Gasteiger partial charge in [0.2, 0.25) is 0 Å². The second kappa shape index (κ2) is 16.4. The van der Waals surface area contributed by atoms with Gasteiger partial charge in [0.15, 0.2) is 5.96 Å². The van der Waals surface area contributed by atoms with Crippen LogP contribution < -0.4 is 21.3 Å². The number of rotatable bonds is 8. The average Bonchev–Trinajstić information content (AvgIpc) is 2.62. The second-order valence-corrected chi connectivity index (χ2v) is 9.69. The second-order valence-electron chi connectivity index (χ2n) is 9.69. The van der Waals surface area contributed by atoms with Gasteiger partial charge in [-0.2, -0.15) is 0 Å². The molecule has 0 aromatic heterocycles. The van der Waals surface area contributed by atoms with Crippen molar-refractivity contribution in [2.24, 2.45) is 16.6 Å². The lowest BCUT2D eigenvalue weighted by Gasteiger charge is -2.44. The Morgan fingerprint density at radius 2 is 1.47 bits per heavy atom. The lowest BCUT2D eigenvalue weighted by molar-refractivity contribution is -1.01. The molecule has 0 unspecified atom stereocenters. The number of guanidine groups is 1. The van der Waals surface area contributed by atoms with Crippen molar-refractivity contribution in [1.82, 2.24) is 5.32 Å². The molecule has 1 rings (SSSR count). The Kier molecular flexibility index (Phi) is 16.4. The molecule has 0 atom stereocenters. The number of nitrogens with zero attached hydrogens (tertiary/aromatic N) is 3. The molecule has 1 fully saturated rings. The summed E-state index contributed by atoms with van der Waals surface area (Å²) in [6.45, 7) is 13.2. The molecule has 1 aliphatic rings. The third-order valence-electron chi connectivity index (χ3n) is 5.02. The number of likely N-dealkylation sites (N-methyl/N-ethyl adjacent to an activating group) is 2. The minimum atomic E-state index is -1.08. The number of hydrogen-bond donors (Lipinski definition) is 3. The molecule has 4 N–H and O–H groups in total. The van der Waals surface area contributed by atoms with Crippen LogP contribution in [0.5, 0.6) is 0 Å². The first-order valence-electron chi connectivity index (χ1n) is 11.2. The molecule has 1 saturated heterocycles. The molecular formula is C22H46N6O4. The molecular weight excluding hydrogens is 412 g/mol. The van der Waals surface area contributed by atoms with Crippen LogP contribution >= 0.6 is 0 Å². The molecule has 0 aromatic carbocycles. The van der Waals surface area contributed by atoms with Gasteiger partial charge in [-0.1, -0.05) is 13.8 Å². The fourth-order valence-corrected chi connectivity index (χ4v) is 2.98. The number of aliphatic carboxylic acids is 2. The van der Waals surface area contributed by atoms with E-state index in [2.05, 4.69) is 45.3 Å². The highest BCUT2D eigenvalue weighted by Crippen LogP contribution is 2.15. The Hall–Kier alpha value is -2.20. The van der Waals surface area contributed by atoms with Crippen LogP contribution in [0, 0.1) is 11.3 Å². The highest BCUT2D eigenvalue weighted by Gasteiger charge is 2.33. The predicted octanol–water partition coefficient (Wildman–Crippen LogP) is -0.867. The lowest BCUT2D eigenvalue weighted by atomic mass is 10.1. The average molecular weight is 459 g/mol. The minimum absolute atomic E-state index is 0.376. The van der Waals surface area contributed by atoms with E-state index in [0.717, 1.165) is 31.2 Å². The maximum Gasteiger partial charge on any atom is 0.194 e. The van der Waals surface area contributed by atoms with Gasteiger partial charge in [-0.25, -0.2) is 0 Å². The molecule has 0 spiro atoms. The molecule has 0 bridgehead atoms. The highest BCUT2D eigenvalue weighted by atomic mass is 16.4. The summed E-state index contributed by atoms with van der Waals surface area (Å²) in [5, 5.41) is 28.6. The monoisotopic (exact) mass is 458 g/mol. The number of nitrogens with two attached hydrogens (primary N) is 1. The first-order chi connectivity index (χ1) is 14.6. The predicted molar refractivity (Wildman–Crippen MR) is 125 cm³/mol. The number of unbranched alkanes of at least 4 members (excludes halogenated alkanes) is 2. The summed E-state index contributed by atoms with van der Waals surface area (Å²) in [5.74, 6) is -0.818. The van der Waals surface area contributed by atoms with E-state index in [1.165, 1.54) is 50.0 Å². The van der Waals surface area contributed by atoms with Crippen molar-refractivity contribution < 1.29 is 28.8 Å². The zero-order chi connectivity index (χ0) is 25.4. The Morgan fingerprint density at radius 1 is 1.00 bits per heavy atom. The van der Waals surface area contributed by atoms with Gasteiger partial charge >= 0.3 is 0 Å². The number of carbonyl (C=O) groups is 2. The van der Waals surface area contributed by atoms with Gasteiger partial charge in [0.1, 0.15) is 26.2 Å². The molecule has 188 valence electrons. The van der Waals surface area contributed by atoms with Crippen LogP contribution in [0.4, 0.5) is 0 Å². The van der Waals surface area contributed by atoms with Crippen molar-refractivity contribution in [3.05, 3.63) is 0 Å². The number of carboxylic acid groups (broad SMARTS) is 2. The van der Waals surface area contributed by atoms with E-state index >= 15 is 0 Å². The summed E-state index contributed by atoms with van der Waals surface area (Å²) in [5.41, 5.74) is 5.78. The molecule has 1 aliphatic heterocycles. The molecule has 0 aliphatic carbocycles. The molecule has 10 nitrogen and oxygen atoms in total.